The number of hydrogen-bond acceptors (Lipinski definition) is 6. The van der Waals surface area contributed by atoms with Gasteiger partial charge in [-0.3, -0.25) is 0 Å². The number of hydrogen-bond donors (Lipinski definition) is 2. The molecule has 0 aliphatic heterocycles. The smallest absolute Gasteiger partial charge is 0.191 e. The van der Waals surface area contributed by atoms with Crippen LogP contribution < -0.4 is 5.32 Å². The van der Waals surface area contributed by atoms with Gasteiger partial charge in [-0.2, -0.15) is 4.98 Å². The van der Waals surface area contributed by atoms with Crippen LogP contribution in [0.3, 0.4) is 0 Å². The molecule has 0 amide bonds. The Labute approximate surface area is 121 Å². The van der Waals surface area contributed by atoms with Crippen molar-refractivity contribution in [2.45, 2.75) is 37.7 Å². The third-order valence-electron chi connectivity index (χ3n) is 4.84. The summed E-state index contributed by atoms with van der Waals surface area (Å²) in [5.74, 6) is 1.16. The second-order valence-electron chi connectivity index (χ2n) is 6.08. The van der Waals surface area contributed by atoms with Crippen molar-refractivity contribution in [1.29, 1.82) is 0 Å². The van der Waals surface area contributed by atoms with E-state index in [2.05, 4.69) is 20.3 Å². The van der Waals surface area contributed by atoms with Gasteiger partial charge in [0, 0.05) is 18.9 Å². The number of aromatic nitrogens is 3. The van der Waals surface area contributed by atoms with Crippen molar-refractivity contribution in [3.63, 3.8) is 0 Å². The Morgan fingerprint density at radius 3 is 2.75 bits per heavy atom. The van der Waals surface area contributed by atoms with Crippen LogP contribution in [0.25, 0.3) is 10.5 Å². The zero-order valence-electron chi connectivity index (χ0n) is 11.2. The summed E-state index contributed by atoms with van der Waals surface area (Å²) < 4.78 is 0. The molecule has 2 N–H and O–H groups in total. The van der Waals surface area contributed by atoms with Crippen molar-refractivity contribution >= 4 is 26.9 Å². The van der Waals surface area contributed by atoms with Gasteiger partial charge >= 0.3 is 0 Å². The summed E-state index contributed by atoms with van der Waals surface area (Å²) in [7, 11) is 0. The monoisotopic (exact) mass is 290 g/mol. The largest absolute Gasteiger partial charge is 0.388 e. The summed E-state index contributed by atoms with van der Waals surface area (Å²) in [5.41, 5.74) is 0.122. The van der Waals surface area contributed by atoms with Crippen LogP contribution in [-0.4, -0.2) is 32.2 Å². The van der Waals surface area contributed by atoms with Gasteiger partial charge in [-0.1, -0.05) is 11.3 Å². The molecule has 6 heteroatoms. The molecule has 2 heterocycles. The van der Waals surface area contributed by atoms with E-state index in [1.54, 1.807) is 12.4 Å². The summed E-state index contributed by atoms with van der Waals surface area (Å²) in [5, 5.41) is 15.0. The maximum atomic E-state index is 10.9. The van der Waals surface area contributed by atoms with E-state index in [1.165, 1.54) is 37.0 Å². The van der Waals surface area contributed by atoms with E-state index in [0.717, 1.165) is 16.4 Å². The third kappa shape index (κ3) is 2.07. The van der Waals surface area contributed by atoms with Gasteiger partial charge in [0.05, 0.1) is 5.60 Å². The minimum atomic E-state index is -0.556. The van der Waals surface area contributed by atoms with Crippen molar-refractivity contribution in [2.24, 2.45) is 11.8 Å². The first kappa shape index (κ1) is 12.5. The van der Waals surface area contributed by atoms with Gasteiger partial charge in [-0.15, -0.1) is 0 Å². The van der Waals surface area contributed by atoms with Crippen LogP contribution in [-0.2, 0) is 0 Å². The first-order valence-electron chi connectivity index (χ1n) is 7.27. The highest BCUT2D eigenvalue weighted by molar-refractivity contribution is 7.21. The number of anilines is 1. The van der Waals surface area contributed by atoms with Gasteiger partial charge in [0.2, 0.25) is 0 Å². The molecule has 1 atom stereocenters. The third-order valence-corrected chi connectivity index (χ3v) is 5.75. The highest BCUT2D eigenvalue weighted by Crippen LogP contribution is 2.47. The quantitative estimate of drug-likeness (QED) is 0.908. The molecule has 0 radical (unpaired) electrons. The average molecular weight is 290 g/mol. The molecule has 2 aromatic rings. The Bertz CT molecular complexity index is 589. The average Bonchev–Trinajstić information content (AvgIpc) is 2.89. The Balaban J connectivity index is 1.49. The first-order valence-corrected chi connectivity index (χ1v) is 8.08. The van der Waals surface area contributed by atoms with Crippen LogP contribution in [0.4, 0.5) is 5.13 Å². The fraction of sp³-hybridized carbons (Fsp3) is 0.643. The van der Waals surface area contributed by atoms with E-state index in [0.29, 0.717) is 24.0 Å². The summed E-state index contributed by atoms with van der Waals surface area (Å²) in [6.07, 6.45) is 9.20. The molecular weight excluding hydrogens is 272 g/mol. The number of aliphatic hydroxyl groups is 1. The SMILES string of the molecule is OC1(CNc2nc3nccnc3s2)CC2CCC1CC2. The van der Waals surface area contributed by atoms with Gasteiger partial charge in [-0.05, 0) is 43.9 Å². The lowest BCUT2D eigenvalue weighted by atomic mass is 9.62. The Morgan fingerprint density at radius 2 is 2.05 bits per heavy atom. The van der Waals surface area contributed by atoms with E-state index in [-0.39, 0.29) is 0 Å². The highest BCUT2D eigenvalue weighted by atomic mass is 32.1. The van der Waals surface area contributed by atoms with Crippen LogP contribution in [0.15, 0.2) is 12.4 Å². The van der Waals surface area contributed by atoms with Crippen LogP contribution in [0.5, 0.6) is 0 Å². The van der Waals surface area contributed by atoms with Gasteiger partial charge in [0.1, 0.15) is 0 Å². The summed E-state index contributed by atoms with van der Waals surface area (Å²) in [6, 6.07) is 0. The van der Waals surface area contributed by atoms with Gasteiger partial charge in [0.25, 0.3) is 0 Å². The summed E-state index contributed by atoms with van der Waals surface area (Å²) in [6.45, 7) is 0.591. The predicted molar refractivity (Wildman–Crippen MR) is 78.7 cm³/mol. The fourth-order valence-corrected chi connectivity index (χ4v) is 4.53. The standard InChI is InChI=1S/C14H18N4OS/c19-14(7-9-1-3-10(14)4-2-9)8-17-13-18-11-12(20-13)16-6-5-15-11/h5-6,9-10,19H,1-4,7-8H2,(H,15,17,18). The Kier molecular flexibility index (Phi) is 2.89. The number of thiazole rings is 1. The molecule has 3 fully saturated rings. The van der Waals surface area contributed by atoms with Crippen LogP contribution >= 0.6 is 11.3 Å². The van der Waals surface area contributed by atoms with Crippen LogP contribution in [0.1, 0.15) is 32.1 Å². The van der Waals surface area contributed by atoms with E-state index in [4.69, 9.17) is 0 Å². The zero-order valence-corrected chi connectivity index (χ0v) is 12.1. The molecule has 106 valence electrons. The molecule has 3 aliphatic rings. The lowest BCUT2D eigenvalue weighted by Gasteiger charge is -2.48. The molecule has 0 aromatic carbocycles. The normalized spacial score (nSPS) is 32.6. The number of rotatable bonds is 3. The number of fused-ring (bicyclic) bond motifs is 4. The van der Waals surface area contributed by atoms with E-state index < -0.39 is 5.60 Å². The minimum absolute atomic E-state index is 0.450. The second kappa shape index (κ2) is 4.63. The Hall–Kier alpha value is -1.27. The lowest BCUT2D eigenvalue weighted by molar-refractivity contribution is -0.0868. The van der Waals surface area contributed by atoms with E-state index in [9.17, 15) is 5.11 Å². The Morgan fingerprint density at radius 1 is 1.25 bits per heavy atom. The molecule has 0 saturated heterocycles. The zero-order chi connectivity index (χ0) is 13.6. The van der Waals surface area contributed by atoms with Crippen molar-refractivity contribution in [3.8, 4) is 0 Å². The lowest BCUT2D eigenvalue weighted by Crippen LogP contribution is -2.51. The van der Waals surface area contributed by atoms with E-state index >= 15 is 0 Å². The molecule has 5 nitrogen and oxygen atoms in total. The van der Waals surface area contributed by atoms with Crippen molar-refractivity contribution in [1.82, 2.24) is 15.0 Å². The number of nitrogens with zero attached hydrogens (tertiary/aromatic N) is 3. The summed E-state index contributed by atoms with van der Waals surface area (Å²) >= 11 is 1.50. The van der Waals surface area contributed by atoms with Crippen molar-refractivity contribution in [3.05, 3.63) is 12.4 Å². The molecule has 3 saturated carbocycles. The fourth-order valence-electron chi connectivity index (χ4n) is 3.77. The highest BCUT2D eigenvalue weighted by Gasteiger charge is 2.45. The predicted octanol–water partition coefficient (Wildman–Crippen LogP) is 2.44. The second-order valence-corrected chi connectivity index (χ2v) is 7.06. The molecule has 0 spiro atoms. The maximum absolute atomic E-state index is 10.9. The molecule has 2 aromatic heterocycles. The van der Waals surface area contributed by atoms with E-state index in [1.807, 2.05) is 0 Å². The van der Waals surface area contributed by atoms with Gasteiger partial charge in [-0.25, -0.2) is 9.97 Å². The number of nitrogens with one attached hydrogen (secondary N) is 1. The molecule has 1 unspecified atom stereocenters. The minimum Gasteiger partial charge on any atom is -0.388 e. The summed E-state index contributed by atoms with van der Waals surface area (Å²) in [4.78, 5) is 13.7. The maximum Gasteiger partial charge on any atom is 0.191 e. The molecule has 2 bridgehead atoms. The van der Waals surface area contributed by atoms with Crippen LogP contribution in [0.2, 0.25) is 0 Å². The molecular formula is C14H18N4OS. The molecule has 5 rings (SSSR count). The van der Waals surface area contributed by atoms with Crippen molar-refractivity contribution in [2.75, 3.05) is 11.9 Å². The van der Waals surface area contributed by atoms with Crippen LogP contribution in [0, 0.1) is 11.8 Å². The van der Waals surface area contributed by atoms with Gasteiger partial charge < -0.3 is 10.4 Å². The van der Waals surface area contributed by atoms with Gasteiger partial charge in [0.15, 0.2) is 15.6 Å². The molecule has 20 heavy (non-hydrogen) atoms. The molecule has 3 aliphatic carbocycles. The topological polar surface area (TPSA) is 70.9 Å². The van der Waals surface area contributed by atoms with Crippen molar-refractivity contribution < 1.29 is 5.11 Å². The first-order chi connectivity index (χ1) is 9.73.